The minimum absolute atomic E-state index is 0.106. The van der Waals surface area contributed by atoms with E-state index >= 15 is 0 Å². The zero-order chi connectivity index (χ0) is 20.7. The van der Waals surface area contributed by atoms with Crippen molar-refractivity contribution >= 4 is 31.9 Å². The first kappa shape index (κ1) is 22.4. The molecular weight excluding hydrogens is 444 g/mol. The maximum atomic E-state index is 12.6. The fraction of sp³-hybridized carbons (Fsp3) is 0.350. The number of methoxy groups -OCH3 is 1. The summed E-state index contributed by atoms with van der Waals surface area (Å²) in [5.41, 5.74) is 1.01. The number of carbonyl (C=O) groups is 1. The van der Waals surface area contributed by atoms with Crippen LogP contribution in [0.25, 0.3) is 0 Å². The second kappa shape index (κ2) is 10.0. The van der Waals surface area contributed by atoms with Gasteiger partial charge in [0.05, 0.1) is 18.0 Å². The summed E-state index contributed by atoms with van der Waals surface area (Å²) in [5, 5.41) is 2.94. The lowest BCUT2D eigenvalue weighted by Crippen LogP contribution is -2.30. The Morgan fingerprint density at radius 1 is 1.14 bits per heavy atom. The first-order valence-corrected chi connectivity index (χ1v) is 11.1. The number of rotatable bonds is 9. The van der Waals surface area contributed by atoms with Crippen molar-refractivity contribution in [3.8, 4) is 5.75 Å². The van der Waals surface area contributed by atoms with Gasteiger partial charge in [0.25, 0.3) is 0 Å². The van der Waals surface area contributed by atoms with E-state index in [1.807, 2.05) is 31.2 Å². The van der Waals surface area contributed by atoms with E-state index in [9.17, 15) is 13.2 Å². The van der Waals surface area contributed by atoms with Crippen molar-refractivity contribution < 1.29 is 17.9 Å². The van der Waals surface area contributed by atoms with E-state index in [1.54, 1.807) is 12.1 Å². The largest absolute Gasteiger partial charge is 0.497 e. The predicted molar refractivity (Wildman–Crippen MR) is 113 cm³/mol. The molecule has 0 bridgehead atoms. The zero-order valence-electron chi connectivity index (χ0n) is 16.2. The van der Waals surface area contributed by atoms with Gasteiger partial charge in [-0.05, 0) is 55.3 Å². The molecule has 1 unspecified atom stereocenters. The summed E-state index contributed by atoms with van der Waals surface area (Å²) in [6, 6.07) is 13.9. The standard InChI is InChI=1S/C20H25BrN2O4S/c1-15(16-6-8-17(21)9-7-16)22-20(24)5-4-14-23(2)28(25,26)19-12-10-18(27-3)11-13-19/h6-13,15H,4-5,14H2,1-3H3,(H,22,24). The Morgan fingerprint density at radius 2 is 1.75 bits per heavy atom. The number of nitrogens with zero attached hydrogens (tertiary/aromatic N) is 1. The predicted octanol–water partition coefficient (Wildman–Crippen LogP) is 3.74. The van der Waals surface area contributed by atoms with Crippen molar-refractivity contribution in [1.29, 1.82) is 0 Å². The quantitative estimate of drug-likeness (QED) is 0.607. The number of hydrogen-bond donors (Lipinski definition) is 1. The fourth-order valence-corrected chi connectivity index (χ4v) is 4.13. The van der Waals surface area contributed by atoms with Crippen LogP contribution in [-0.2, 0) is 14.8 Å². The zero-order valence-corrected chi connectivity index (χ0v) is 18.6. The minimum atomic E-state index is -3.59. The molecule has 1 N–H and O–H groups in total. The molecule has 0 fully saturated rings. The van der Waals surface area contributed by atoms with Crippen molar-refractivity contribution in [2.45, 2.75) is 30.7 Å². The molecule has 0 saturated heterocycles. The number of sulfonamides is 1. The third-order valence-corrected chi connectivity index (χ3v) is 6.79. The SMILES string of the molecule is COc1ccc(S(=O)(=O)N(C)CCCC(=O)NC(C)c2ccc(Br)cc2)cc1. The third-order valence-electron chi connectivity index (χ3n) is 4.39. The number of carbonyl (C=O) groups excluding carboxylic acids is 1. The summed E-state index contributed by atoms with van der Waals surface area (Å²) in [6.45, 7) is 2.18. The Morgan fingerprint density at radius 3 is 2.32 bits per heavy atom. The van der Waals surface area contributed by atoms with Crippen LogP contribution in [0.15, 0.2) is 57.9 Å². The molecule has 6 nitrogen and oxygen atoms in total. The molecule has 0 aliphatic carbocycles. The van der Waals surface area contributed by atoms with Crippen LogP contribution in [0.3, 0.4) is 0 Å². The Hall–Kier alpha value is -1.90. The van der Waals surface area contributed by atoms with E-state index in [1.165, 1.54) is 30.6 Å². The van der Waals surface area contributed by atoms with Gasteiger partial charge in [-0.1, -0.05) is 28.1 Å². The number of hydrogen-bond acceptors (Lipinski definition) is 4. The number of benzene rings is 2. The van der Waals surface area contributed by atoms with E-state index in [2.05, 4.69) is 21.2 Å². The Kier molecular flexibility index (Phi) is 8.03. The van der Waals surface area contributed by atoms with Gasteiger partial charge < -0.3 is 10.1 Å². The van der Waals surface area contributed by atoms with Gasteiger partial charge in [0.1, 0.15) is 5.75 Å². The van der Waals surface area contributed by atoms with Crippen LogP contribution in [-0.4, -0.2) is 39.3 Å². The van der Waals surface area contributed by atoms with E-state index in [-0.39, 0.29) is 29.8 Å². The summed E-state index contributed by atoms with van der Waals surface area (Å²) < 4.78 is 32.5. The number of nitrogens with one attached hydrogen (secondary N) is 1. The average molecular weight is 469 g/mol. The van der Waals surface area contributed by atoms with Gasteiger partial charge in [-0.15, -0.1) is 0 Å². The van der Waals surface area contributed by atoms with Crippen molar-refractivity contribution in [1.82, 2.24) is 9.62 Å². The van der Waals surface area contributed by atoms with Gasteiger partial charge >= 0.3 is 0 Å². The average Bonchev–Trinajstić information content (AvgIpc) is 2.68. The lowest BCUT2D eigenvalue weighted by molar-refractivity contribution is -0.121. The van der Waals surface area contributed by atoms with Gasteiger partial charge in [0, 0.05) is 24.5 Å². The van der Waals surface area contributed by atoms with Crippen LogP contribution >= 0.6 is 15.9 Å². The Labute approximate surface area is 175 Å². The second-order valence-corrected chi connectivity index (χ2v) is 9.41. The highest BCUT2D eigenvalue weighted by molar-refractivity contribution is 9.10. The molecule has 152 valence electrons. The number of amides is 1. The van der Waals surface area contributed by atoms with Crippen LogP contribution in [0.5, 0.6) is 5.75 Å². The first-order valence-electron chi connectivity index (χ1n) is 8.89. The molecule has 0 radical (unpaired) electrons. The van der Waals surface area contributed by atoms with Crippen LogP contribution in [0.1, 0.15) is 31.4 Å². The summed E-state index contributed by atoms with van der Waals surface area (Å²) >= 11 is 3.39. The van der Waals surface area contributed by atoms with Gasteiger partial charge in [-0.25, -0.2) is 12.7 Å². The van der Waals surface area contributed by atoms with Gasteiger partial charge in [0.15, 0.2) is 0 Å². The molecule has 1 amide bonds. The highest BCUT2D eigenvalue weighted by atomic mass is 79.9. The molecule has 2 aromatic rings. The molecule has 28 heavy (non-hydrogen) atoms. The monoisotopic (exact) mass is 468 g/mol. The van der Waals surface area contributed by atoms with Gasteiger partial charge in [-0.2, -0.15) is 0 Å². The topological polar surface area (TPSA) is 75.7 Å². The van der Waals surface area contributed by atoms with Gasteiger partial charge in [0.2, 0.25) is 15.9 Å². The highest BCUT2D eigenvalue weighted by Crippen LogP contribution is 2.19. The van der Waals surface area contributed by atoms with Crippen LogP contribution in [0.4, 0.5) is 0 Å². The summed E-state index contributed by atoms with van der Waals surface area (Å²) in [4.78, 5) is 12.4. The summed E-state index contributed by atoms with van der Waals surface area (Å²) in [6.07, 6.45) is 0.689. The van der Waals surface area contributed by atoms with Crippen LogP contribution in [0.2, 0.25) is 0 Å². The van der Waals surface area contributed by atoms with Crippen LogP contribution < -0.4 is 10.1 Å². The van der Waals surface area contributed by atoms with Crippen molar-refractivity contribution in [2.24, 2.45) is 0 Å². The number of halogens is 1. The first-order chi connectivity index (χ1) is 13.2. The smallest absolute Gasteiger partial charge is 0.242 e. The molecule has 0 aliphatic heterocycles. The van der Waals surface area contributed by atoms with E-state index in [4.69, 9.17) is 4.74 Å². The molecule has 0 spiro atoms. The lowest BCUT2D eigenvalue weighted by atomic mass is 10.1. The Balaban J connectivity index is 1.83. The van der Waals surface area contributed by atoms with E-state index < -0.39 is 10.0 Å². The summed E-state index contributed by atoms with van der Waals surface area (Å²) in [7, 11) is -0.549. The maximum Gasteiger partial charge on any atom is 0.242 e. The lowest BCUT2D eigenvalue weighted by Gasteiger charge is -2.18. The minimum Gasteiger partial charge on any atom is -0.497 e. The van der Waals surface area contributed by atoms with Crippen molar-refractivity contribution in [3.63, 3.8) is 0 Å². The van der Waals surface area contributed by atoms with E-state index in [0.29, 0.717) is 12.2 Å². The number of ether oxygens (including phenoxy) is 1. The molecular formula is C20H25BrN2O4S. The third kappa shape index (κ3) is 6.05. The highest BCUT2D eigenvalue weighted by Gasteiger charge is 2.20. The molecule has 2 aromatic carbocycles. The molecule has 2 rings (SSSR count). The molecule has 0 heterocycles. The van der Waals surface area contributed by atoms with Crippen molar-refractivity contribution in [2.75, 3.05) is 20.7 Å². The molecule has 0 aromatic heterocycles. The Bertz CT molecular complexity index is 883. The molecule has 0 aliphatic rings. The molecule has 1 atom stereocenters. The van der Waals surface area contributed by atoms with Gasteiger partial charge in [-0.3, -0.25) is 4.79 Å². The molecule has 8 heteroatoms. The fourth-order valence-electron chi connectivity index (χ4n) is 2.66. The second-order valence-electron chi connectivity index (χ2n) is 6.45. The maximum absolute atomic E-state index is 12.6. The van der Waals surface area contributed by atoms with Crippen LogP contribution in [0, 0.1) is 0 Å². The van der Waals surface area contributed by atoms with Crippen molar-refractivity contribution in [3.05, 3.63) is 58.6 Å². The summed E-state index contributed by atoms with van der Waals surface area (Å²) in [5.74, 6) is 0.490. The molecule has 0 saturated carbocycles. The normalized spacial score (nSPS) is 12.6. The van der Waals surface area contributed by atoms with E-state index in [0.717, 1.165) is 10.0 Å².